The Hall–Kier alpha value is -6.14. The van der Waals surface area contributed by atoms with Gasteiger partial charge in [-0.15, -0.1) is 22.7 Å². The van der Waals surface area contributed by atoms with Gasteiger partial charge in [0, 0.05) is 79.2 Å². The van der Waals surface area contributed by atoms with Crippen molar-refractivity contribution in [3.8, 4) is 27.9 Å². The highest BCUT2D eigenvalue weighted by Crippen LogP contribution is 2.55. The highest BCUT2D eigenvalue weighted by atomic mass is 32.1. The molecule has 0 amide bonds. The van der Waals surface area contributed by atoms with Crippen molar-refractivity contribution in [3.05, 3.63) is 161 Å². The molecule has 5 heteroatoms. The van der Waals surface area contributed by atoms with Crippen LogP contribution in [0.25, 0.3) is 90.1 Å². The zero-order valence-electron chi connectivity index (χ0n) is 40.4. The molecule has 2 aliphatic carbocycles. The highest BCUT2D eigenvalue weighted by molar-refractivity contribution is 7.26. The van der Waals surface area contributed by atoms with E-state index in [9.17, 15) is 0 Å². The monoisotopic (exact) mass is 912 g/mol. The van der Waals surface area contributed by atoms with Crippen LogP contribution in [0, 0.1) is 0 Å². The number of hydrogen-bond acceptors (Lipinski definition) is 3. The standard InChI is InChI=1S/C63H53BN2S2/c1-60(2,3)34-18-20-35(21-19-34)66-52-30-45-43-27-48-49(62(6,7)25-24-61(48,4)5)32-56(43)68-55(45)31-42(52)38-22-23-39-41-26-47-40(36-14-10-12-16-46(36)63(47,8)9)29-51(41)65-53-33-57-44(37-15-11-13-17-54(37)67-57)28-50(53)64(66)58(38)59(39)65/h10-23,26-33H,24-25H2,1-9H3. The highest BCUT2D eigenvalue weighted by Gasteiger charge is 2.46. The van der Waals surface area contributed by atoms with Crippen molar-refractivity contribution in [2.24, 2.45) is 0 Å². The third-order valence-corrected chi connectivity index (χ3v) is 19.6. The molecule has 0 fully saturated rings. The second-order valence-electron chi connectivity index (χ2n) is 23.5. The maximum absolute atomic E-state index is 2.75. The molecule has 0 radical (unpaired) electrons. The van der Waals surface area contributed by atoms with Crippen LogP contribution in [0.1, 0.15) is 103 Å². The lowest BCUT2D eigenvalue weighted by Crippen LogP contribution is -2.60. The van der Waals surface area contributed by atoms with E-state index in [1.807, 2.05) is 22.7 Å². The molecule has 5 heterocycles. The van der Waals surface area contributed by atoms with E-state index in [1.54, 1.807) is 0 Å². The summed E-state index contributed by atoms with van der Waals surface area (Å²) in [6.45, 7) is 21.6. The number of hydrogen-bond donors (Lipinski definition) is 0. The van der Waals surface area contributed by atoms with Crippen LogP contribution < -0.4 is 15.7 Å². The van der Waals surface area contributed by atoms with E-state index in [1.165, 1.54) is 153 Å². The van der Waals surface area contributed by atoms with E-state index in [0.29, 0.717) is 0 Å². The Morgan fingerprint density at radius 2 is 1.15 bits per heavy atom. The summed E-state index contributed by atoms with van der Waals surface area (Å²) in [5.74, 6) is 0. The van der Waals surface area contributed by atoms with Crippen molar-refractivity contribution in [3.63, 3.8) is 0 Å². The van der Waals surface area contributed by atoms with E-state index in [0.717, 1.165) is 0 Å². The summed E-state index contributed by atoms with van der Waals surface area (Å²) in [5.41, 5.74) is 22.1. The van der Waals surface area contributed by atoms with Gasteiger partial charge in [-0.25, -0.2) is 0 Å². The predicted octanol–water partition coefficient (Wildman–Crippen LogP) is 16.7. The number of aromatic nitrogens is 1. The SMILES string of the molecule is CC(C)(C)c1ccc(N2B3c4cc5c(cc4-n4c6cc7c(cc6c6ccc(c3c64)-c3cc4sc6cc8c(cc6c4cc32)C(C)(C)CCC8(C)C)C(C)(C)c2ccccc2-7)sc2ccccc25)cc1. The third kappa shape index (κ3) is 4.99. The van der Waals surface area contributed by atoms with Gasteiger partial charge >= 0.3 is 6.85 Å². The van der Waals surface area contributed by atoms with Gasteiger partial charge in [0.25, 0.3) is 0 Å². The smallest absolute Gasteiger partial charge is 0.333 e. The molecular formula is C63H53BN2S2. The lowest BCUT2D eigenvalue weighted by Gasteiger charge is -2.42. The fourth-order valence-corrected chi connectivity index (χ4v) is 15.8. The largest absolute Gasteiger partial charge is 0.376 e. The van der Waals surface area contributed by atoms with Gasteiger partial charge in [0.2, 0.25) is 0 Å². The molecule has 4 aliphatic rings. The molecule has 0 saturated carbocycles. The van der Waals surface area contributed by atoms with Crippen molar-refractivity contribution in [2.75, 3.05) is 4.81 Å². The molecule has 15 rings (SSSR count). The molecule has 68 heavy (non-hydrogen) atoms. The summed E-state index contributed by atoms with van der Waals surface area (Å²) >= 11 is 3.91. The first kappa shape index (κ1) is 39.8. The molecule has 0 atom stereocenters. The van der Waals surface area contributed by atoms with E-state index >= 15 is 0 Å². The van der Waals surface area contributed by atoms with Crippen LogP contribution in [0.3, 0.4) is 0 Å². The molecule has 0 spiro atoms. The van der Waals surface area contributed by atoms with Gasteiger partial charge in [-0.1, -0.05) is 135 Å². The zero-order chi connectivity index (χ0) is 46.1. The van der Waals surface area contributed by atoms with Crippen LogP contribution in [0.2, 0.25) is 0 Å². The number of anilines is 2. The Labute approximate surface area is 407 Å². The van der Waals surface area contributed by atoms with Gasteiger partial charge < -0.3 is 9.38 Å². The summed E-state index contributed by atoms with van der Waals surface area (Å²) in [6.07, 6.45) is 2.42. The van der Waals surface area contributed by atoms with Crippen molar-refractivity contribution in [1.29, 1.82) is 0 Å². The maximum Gasteiger partial charge on any atom is 0.333 e. The number of nitrogens with zero attached hydrogens (tertiary/aromatic N) is 2. The first-order valence-electron chi connectivity index (χ1n) is 24.7. The Morgan fingerprint density at radius 1 is 0.485 bits per heavy atom. The van der Waals surface area contributed by atoms with E-state index in [2.05, 4.69) is 205 Å². The van der Waals surface area contributed by atoms with E-state index in [4.69, 9.17) is 0 Å². The average Bonchev–Trinajstić information content (AvgIpc) is 4.03. The molecule has 2 nitrogen and oxygen atoms in total. The fourth-order valence-electron chi connectivity index (χ4n) is 13.5. The number of rotatable bonds is 1. The van der Waals surface area contributed by atoms with Gasteiger partial charge in [-0.05, 0) is 145 Å². The first-order valence-corrected chi connectivity index (χ1v) is 26.4. The zero-order valence-corrected chi connectivity index (χ0v) is 42.0. The molecule has 0 saturated heterocycles. The topological polar surface area (TPSA) is 8.17 Å². The average molecular weight is 913 g/mol. The normalized spacial score (nSPS) is 17.1. The van der Waals surface area contributed by atoms with Crippen molar-refractivity contribution >= 4 is 114 Å². The van der Waals surface area contributed by atoms with Crippen molar-refractivity contribution in [1.82, 2.24) is 4.57 Å². The van der Waals surface area contributed by atoms with Crippen molar-refractivity contribution in [2.45, 2.75) is 96.8 Å². The Kier molecular flexibility index (Phi) is 7.46. The third-order valence-electron chi connectivity index (χ3n) is 17.4. The van der Waals surface area contributed by atoms with Crippen LogP contribution in [0.5, 0.6) is 0 Å². The summed E-state index contributed by atoms with van der Waals surface area (Å²) in [6, 6.07) is 53.3. The molecule has 0 bridgehead atoms. The second kappa shape index (κ2) is 12.7. The minimum Gasteiger partial charge on any atom is -0.376 e. The molecule has 11 aromatic rings. The molecule has 0 unspecified atom stereocenters. The minimum absolute atomic E-state index is 0.0414. The molecule has 8 aromatic carbocycles. The van der Waals surface area contributed by atoms with Crippen LogP contribution in [0.4, 0.5) is 11.4 Å². The minimum atomic E-state index is -0.0953. The number of benzene rings is 8. The summed E-state index contributed by atoms with van der Waals surface area (Å²) < 4.78 is 8.13. The number of fused-ring (bicyclic) bond motifs is 18. The molecule has 0 N–H and O–H groups in total. The van der Waals surface area contributed by atoms with Gasteiger partial charge in [-0.2, -0.15) is 0 Å². The molecular weight excluding hydrogens is 860 g/mol. The van der Waals surface area contributed by atoms with Crippen molar-refractivity contribution < 1.29 is 0 Å². The fraction of sp³-hybridized carbons (Fsp3) is 0.238. The summed E-state index contributed by atoms with van der Waals surface area (Å²) in [7, 11) is 0. The first-order chi connectivity index (χ1) is 32.6. The van der Waals surface area contributed by atoms with Crippen LogP contribution in [-0.2, 0) is 21.7 Å². The van der Waals surface area contributed by atoms with Crippen LogP contribution >= 0.6 is 22.7 Å². The molecule has 330 valence electrons. The molecule has 3 aromatic heterocycles. The van der Waals surface area contributed by atoms with Gasteiger partial charge in [0.1, 0.15) is 0 Å². The lowest BCUT2D eigenvalue weighted by molar-refractivity contribution is 0.332. The van der Waals surface area contributed by atoms with Gasteiger partial charge in [0.15, 0.2) is 0 Å². The lowest BCUT2D eigenvalue weighted by atomic mass is 9.44. The van der Waals surface area contributed by atoms with Gasteiger partial charge in [-0.3, -0.25) is 0 Å². The van der Waals surface area contributed by atoms with Gasteiger partial charge in [0.05, 0.1) is 11.0 Å². The summed E-state index contributed by atoms with van der Waals surface area (Å²) in [4.78, 5) is 2.75. The van der Waals surface area contributed by atoms with Crippen LogP contribution in [0.15, 0.2) is 133 Å². The van der Waals surface area contributed by atoms with Crippen LogP contribution in [-0.4, -0.2) is 11.4 Å². The predicted molar refractivity (Wildman–Crippen MR) is 297 cm³/mol. The van der Waals surface area contributed by atoms with E-state index < -0.39 is 0 Å². The Morgan fingerprint density at radius 3 is 1.94 bits per heavy atom. The number of thiophene rings is 2. The second-order valence-corrected chi connectivity index (χ2v) is 25.7. The quantitative estimate of drug-likeness (QED) is 0.149. The maximum atomic E-state index is 2.75. The Balaban J connectivity index is 1.09. The summed E-state index contributed by atoms with van der Waals surface area (Å²) in [5, 5.41) is 8.13. The Bertz CT molecular complexity index is 4110. The van der Waals surface area contributed by atoms with E-state index in [-0.39, 0.29) is 28.5 Å². The molecule has 2 aliphatic heterocycles.